The Morgan fingerprint density at radius 1 is 1.53 bits per heavy atom. The van der Waals surface area contributed by atoms with Crippen LogP contribution in [0, 0.1) is 11.8 Å². The molecular formula is C12H18O3. The summed E-state index contributed by atoms with van der Waals surface area (Å²) in [5.41, 5.74) is 0.119. The smallest absolute Gasteiger partial charge is 0.333 e. The zero-order valence-corrected chi connectivity index (χ0v) is 9.11. The van der Waals surface area contributed by atoms with Gasteiger partial charge in [0.25, 0.3) is 0 Å². The summed E-state index contributed by atoms with van der Waals surface area (Å²) in [5, 5.41) is 8.58. The van der Waals surface area contributed by atoms with E-state index in [4.69, 9.17) is 9.84 Å². The molecule has 1 aliphatic rings. The lowest BCUT2D eigenvalue weighted by molar-refractivity contribution is -0.133. The van der Waals surface area contributed by atoms with E-state index in [2.05, 4.69) is 25.7 Å². The molecule has 0 aromatic heterocycles. The maximum Gasteiger partial charge on any atom is 0.333 e. The molecule has 2 atom stereocenters. The van der Waals surface area contributed by atoms with Crippen LogP contribution in [-0.2, 0) is 9.53 Å². The van der Waals surface area contributed by atoms with Gasteiger partial charge in [-0.2, -0.15) is 0 Å². The van der Waals surface area contributed by atoms with Crippen LogP contribution in [0.4, 0.5) is 0 Å². The van der Waals surface area contributed by atoms with Crippen LogP contribution in [0.2, 0.25) is 0 Å². The average molecular weight is 210 g/mol. The third-order valence-corrected chi connectivity index (χ3v) is 2.83. The number of carboxylic acid groups (broad SMARTS) is 1. The molecule has 2 unspecified atom stereocenters. The Bertz CT molecular complexity index is 268. The summed E-state index contributed by atoms with van der Waals surface area (Å²) in [6.45, 7) is 6.37. The van der Waals surface area contributed by atoms with Crippen molar-refractivity contribution >= 4 is 5.97 Å². The lowest BCUT2D eigenvalue weighted by Gasteiger charge is -2.24. The molecule has 0 aromatic carbocycles. The summed E-state index contributed by atoms with van der Waals surface area (Å²) >= 11 is 0. The Labute approximate surface area is 90.4 Å². The summed E-state index contributed by atoms with van der Waals surface area (Å²) in [6.07, 6.45) is 6.48. The summed E-state index contributed by atoms with van der Waals surface area (Å²) in [5.74, 6) is 0.149. The van der Waals surface area contributed by atoms with Crippen LogP contribution < -0.4 is 0 Å². The molecule has 0 aliphatic heterocycles. The van der Waals surface area contributed by atoms with Gasteiger partial charge in [0.15, 0.2) is 0 Å². The van der Waals surface area contributed by atoms with Crippen molar-refractivity contribution in [3.05, 3.63) is 24.3 Å². The molecule has 0 saturated heterocycles. The topological polar surface area (TPSA) is 46.5 Å². The van der Waals surface area contributed by atoms with Gasteiger partial charge in [-0.25, -0.2) is 4.79 Å². The Hall–Kier alpha value is -1.09. The molecule has 84 valence electrons. The van der Waals surface area contributed by atoms with Crippen molar-refractivity contribution in [1.29, 1.82) is 0 Å². The van der Waals surface area contributed by atoms with Crippen molar-refractivity contribution < 1.29 is 14.6 Å². The highest BCUT2D eigenvalue weighted by atomic mass is 16.5. The van der Waals surface area contributed by atoms with Gasteiger partial charge in [-0.1, -0.05) is 25.7 Å². The second-order valence-corrected chi connectivity index (χ2v) is 4.10. The Kier molecular flexibility index (Phi) is 4.56. The fraction of sp³-hybridized carbons (Fsp3) is 0.583. The Morgan fingerprint density at radius 3 is 2.80 bits per heavy atom. The molecule has 0 bridgehead atoms. The van der Waals surface area contributed by atoms with E-state index in [-0.39, 0.29) is 12.2 Å². The molecule has 3 nitrogen and oxygen atoms in total. The molecule has 0 aromatic rings. The molecule has 1 aliphatic carbocycles. The van der Waals surface area contributed by atoms with E-state index in [0.717, 1.165) is 12.8 Å². The van der Waals surface area contributed by atoms with Crippen LogP contribution in [-0.4, -0.2) is 24.3 Å². The zero-order chi connectivity index (χ0) is 11.3. The molecule has 1 rings (SSSR count). The molecule has 1 N–H and O–H groups in total. The van der Waals surface area contributed by atoms with Gasteiger partial charge in [0, 0.05) is 0 Å². The molecule has 0 fully saturated rings. The van der Waals surface area contributed by atoms with Crippen molar-refractivity contribution in [3.8, 4) is 0 Å². The minimum Gasteiger partial charge on any atom is -0.478 e. The minimum absolute atomic E-state index is 0.119. The van der Waals surface area contributed by atoms with Gasteiger partial charge < -0.3 is 9.84 Å². The van der Waals surface area contributed by atoms with E-state index in [1.54, 1.807) is 0 Å². The van der Waals surface area contributed by atoms with Crippen LogP contribution in [0.5, 0.6) is 0 Å². The monoisotopic (exact) mass is 210 g/mol. The van der Waals surface area contributed by atoms with Crippen molar-refractivity contribution in [2.24, 2.45) is 11.8 Å². The second-order valence-electron chi connectivity index (χ2n) is 4.10. The Balaban J connectivity index is 2.22. The molecule has 0 spiro atoms. The first-order chi connectivity index (χ1) is 7.11. The Morgan fingerprint density at radius 2 is 2.20 bits per heavy atom. The normalized spacial score (nSPS) is 25.1. The number of rotatable bonds is 5. The predicted octanol–water partition coefficient (Wildman–Crippen LogP) is 2.25. The summed E-state index contributed by atoms with van der Waals surface area (Å²) in [4.78, 5) is 10.5. The van der Waals surface area contributed by atoms with Crippen LogP contribution in [0.25, 0.3) is 0 Å². The van der Waals surface area contributed by atoms with E-state index < -0.39 is 5.97 Å². The van der Waals surface area contributed by atoms with E-state index in [9.17, 15) is 4.79 Å². The van der Waals surface area contributed by atoms with Crippen molar-refractivity contribution in [2.75, 3.05) is 13.2 Å². The highest BCUT2D eigenvalue weighted by molar-refractivity contribution is 5.85. The summed E-state index contributed by atoms with van der Waals surface area (Å²) in [6, 6.07) is 0. The average Bonchev–Trinajstić information content (AvgIpc) is 2.20. The summed E-state index contributed by atoms with van der Waals surface area (Å²) < 4.78 is 5.35. The molecule has 0 heterocycles. The van der Waals surface area contributed by atoms with Gasteiger partial charge >= 0.3 is 5.97 Å². The lowest BCUT2D eigenvalue weighted by atomic mass is 9.85. The number of aliphatic carboxylic acids is 1. The van der Waals surface area contributed by atoms with Crippen LogP contribution in [0.15, 0.2) is 24.3 Å². The van der Waals surface area contributed by atoms with E-state index >= 15 is 0 Å². The van der Waals surface area contributed by atoms with Gasteiger partial charge in [-0.3, -0.25) is 0 Å². The third kappa shape index (κ3) is 3.88. The number of allylic oxidation sites excluding steroid dienone is 2. The van der Waals surface area contributed by atoms with Gasteiger partial charge in [0.05, 0.1) is 18.8 Å². The molecule has 15 heavy (non-hydrogen) atoms. The minimum atomic E-state index is -0.980. The first-order valence-corrected chi connectivity index (χ1v) is 5.25. The largest absolute Gasteiger partial charge is 0.478 e. The molecular weight excluding hydrogens is 192 g/mol. The van der Waals surface area contributed by atoms with Crippen molar-refractivity contribution in [2.45, 2.75) is 19.8 Å². The second kappa shape index (κ2) is 5.71. The first-order valence-electron chi connectivity index (χ1n) is 5.25. The van der Waals surface area contributed by atoms with Crippen molar-refractivity contribution in [3.63, 3.8) is 0 Å². The van der Waals surface area contributed by atoms with Crippen molar-refractivity contribution in [1.82, 2.24) is 0 Å². The van der Waals surface area contributed by atoms with Crippen LogP contribution in [0.3, 0.4) is 0 Å². The van der Waals surface area contributed by atoms with Gasteiger partial charge in [-0.05, 0) is 24.7 Å². The fourth-order valence-corrected chi connectivity index (χ4v) is 1.63. The number of carbonyl (C=O) groups is 1. The molecule has 0 radical (unpaired) electrons. The molecule has 0 amide bonds. The first kappa shape index (κ1) is 12.0. The number of hydrogen-bond acceptors (Lipinski definition) is 2. The van der Waals surface area contributed by atoms with E-state index in [1.807, 2.05) is 0 Å². The number of ether oxygens (including phenoxy) is 1. The predicted molar refractivity (Wildman–Crippen MR) is 58.6 cm³/mol. The number of carboxylic acids is 1. The van der Waals surface area contributed by atoms with Crippen LogP contribution in [0.1, 0.15) is 19.8 Å². The summed E-state index contributed by atoms with van der Waals surface area (Å²) in [7, 11) is 0. The standard InChI is InChI=1S/C12H18O3/c1-9-5-3-4-6-11(9)8-15-7-10(2)12(13)14/h3-4,9,11H,2,5-8H2,1H3,(H,13,14). The zero-order valence-electron chi connectivity index (χ0n) is 9.11. The number of hydrogen-bond donors (Lipinski definition) is 1. The molecule has 3 heteroatoms. The highest BCUT2D eigenvalue weighted by Gasteiger charge is 2.18. The maximum atomic E-state index is 10.5. The maximum absolute atomic E-state index is 10.5. The van der Waals surface area contributed by atoms with E-state index in [0.29, 0.717) is 18.4 Å². The third-order valence-electron chi connectivity index (χ3n) is 2.83. The van der Waals surface area contributed by atoms with Crippen LogP contribution >= 0.6 is 0 Å². The van der Waals surface area contributed by atoms with Gasteiger partial charge in [0.1, 0.15) is 0 Å². The van der Waals surface area contributed by atoms with Gasteiger partial charge in [-0.15, -0.1) is 0 Å². The highest BCUT2D eigenvalue weighted by Crippen LogP contribution is 2.25. The lowest BCUT2D eigenvalue weighted by Crippen LogP contribution is -2.20. The molecule has 0 saturated carbocycles. The van der Waals surface area contributed by atoms with Gasteiger partial charge in [0.2, 0.25) is 0 Å². The fourth-order valence-electron chi connectivity index (χ4n) is 1.63. The van der Waals surface area contributed by atoms with E-state index in [1.165, 1.54) is 0 Å². The SMILES string of the molecule is C=C(COCC1CC=CCC1C)C(=O)O. The quantitative estimate of drug-likeness (QED) is 0.559.